The molecule has 2 nitrogen and oxygen atoms in total. The van der Waals surface area contributed by atoms with Crippen LogP contribution in [-0.2, 0) is 6.42 Å². The normalized spacial score (nSPS) is 13.6. The predicted octanol–water partition coefficient (Wildman–Crippen LogP) is 4.17. The maximum atomic E-state index is 5.96. The fourth-order valence-electron chi connectivity index (χ4n) is 3.13. The smallest absolute Gasteiger partial charge is 0.0537 e. The number of para-hydroxylation sites is 1. The minimum atomic E-state index is 0.806. The predicted molar refractivity (Wildman–Crippen MR) is 85.0 cm³/mol. The number of nitrogen functional groups attached to an aromatic ring is 1. The van der Waals surface area contributed by atoms with Crippen molar-refractivity contribution in [2.75, 3.05) is 5.73 Å². The Balaban J connectivity index is 2.11. The lowest BCUT2D eigenvalue weighted by Crippen LogP contribution is -2.03. The molecular weight excluding hydrogens is 244 g/mol. The van der Waals surface area contributed by atoms with Gasteiger partial charge in [0.05, 0.1) is 5.52 Å². The summed E-state index contributed by atoms with van der Waals surface area (Å²) in [5, 5.41) is 1.32. The molecule has 0 unspecified atom stereocenters. The number of allylic oxidation sites excluding steroid dienone is 1. The summed E-state index contributed by atoms with van der Waals surface area (Å²) in [6.07, 6.45) is 6.70. The molecule has 0 saturated heterocycles. The Kier molecular flexibility index (Phi) is 2.43. The van der Waals surface area contributed by atoms with Crippen molar-refractivity contribution in [1.29, 1.82) is 0 Å². The van der Waals surface area contributed by atoms with Crippen LogP contribution in [-0.4, -0.2) is 4.57 Å². The van der Waals surface area contributed by atoms with Gasteiger partial charge in [-0.1, -0.05) is 36.4 Å². The van der Waals surface area contributed by atoms with Crippen LogP contribution in [0.15, 0.2) is 54.6 Å². The standard InChI is InChI=1S/C18H16N2/c19-13-6-5-7-14(12-13)20-17-10-3-1-8-15(17)16-9-2-4-11-18(16)20/h1-3,5-10,12H,4,11,19H2. The average molecular weight is 260 g/mol. The summed E-state index contributed by atoms with van der Waals surface area (Å²) in [6.45, 7) is 0. The number of hydrogen-bond donors (Lipinski definition) is 1. The highest BCUT2D eigenvalue weighted by Crippen LogP contribution is 2.33. The largest absolute Gasteiger partial charge is 0.399 e. The summed E-state index contributed by atoms with van der Waals surface area (Å²) < 4.78 is 2.35. The molecule has 98 valence electrons. The second kappa shape index (κ2) is 4.27. The molecule has 2 heteroatoms. The van der Waals surface area contributed by atoms with Gasteiger partial charge in [-0.05, 0) is 37.1 Å². The van der Waals surface area contributed by atoms with E-state index in [9.17, 15) is 0 Å². The van der Waals surface area contributed by atoms with Crippen molar-refractivity contribution in [3.63, 3.8) is 0 Å². The molecule has 0 fully saturated rings. The second-order valence-electron chi connectivity index (χ2n) is 5.25. The quantitative estimate of drug-likeness (QED) is 0.654. The number of rotatable bonds is 1. The molecule has 0 bridgehead atoms. The molecule has 20 heavy (non-hydrogen) atoms. The first-order valence-corrected chi connectivity index (χ1v) is 6.99. The van der Waals surface area contributed by atoms with E-state index in [1.165, 1.54) is 22.2 Å². The Hall–Kier alpha value is -2.48. The summed E-state index contributed by atoms with van der Waals surface area (Å²) in [5.74, 6) is 0. The zero-order chi connectivity index (χ0) is 13.5. The second-order valence-corrected chi connectivity index (χ2v) is 5.25. The number of fused-ring (bicyclic) bond motifs is 3. The number of nitrogens with zero attached hydrogens (tertiary/aromatic N) is 1. The third kappa shape index (κ3) is 1.58. The number of aromatic nitrogens is 1. The third-order valence-electron chi connectivity index (χ3n) is 3.98. The molecule has 0 aliphatic heterocycles. The summed E-state index contributed by atoms with van der Waals surface area (Å²) in [5.41, 5.74) is 11.9. The van der Waals surface area contributed by atoms with Crippen molar-refractivity contribution in [3.8, 4) is 5.69 Å². The lowest BCUT2D eigenvalue weighted by molar-refractivity contribution is 0.889. The van der Waals surface area contributed by atoms with Crippen molar-refractivity contribution in [3.05, 3.63) is 65.9 Å². The van der Waals surface area contributed by atoms with Crippen molar-refractivity contribution in [2.45, 2.75) is 12.8 Å². The summed E-state index contributed by atoms with van der Waals surface area (Å²) in [6, 6.07) is 16.7. The first kappa shape index (κ1) is 11.4. The van der Waals surface area contributed by atoms with Gasteiger partial charge >= 0.3 is 0 Å². The molecule has 0 atom stereocenters. The van der Waals surface area contributed by atoms with Crippen LogP contribution in [0.4, 0.5) is 5.69 Å². The lowest BCUT2D eigenvalue weighted by atomic mass is 10.0. The Labute approximate surface area is 118 Å². The Morgan fingerprint density at radius 2 is 1.90 bits per heavy atom. The molecule has 2 N–H and O–H groups in total. The molecule has 1 aliphatic rings. The van der Waals surface area contributed by atoms with Crippen LogP contribution in [0.2, 0.25) is 0 Å². The van der Waals surface area contributed by atoms with Crippen LogP contribution < -0.4 is 5.73 Å². The molecule has 0 saturated carbocycles. The maximum absolute atomic E-state index is 5.96. The van der Waals surface area contributed by atoms with Crippen molar-refractivity contribution >= 4 is 22.7 Å². The number of anilines is 1. The first-order chi connectivity index (χ1) is 9.84. The SMILES string of the molecule is Nc1cccc(-n2c3c(c4ccccc42)C=CCC3)c1. The molecule has 0 amide bonds. The van der Waals surface area contributed by atoms with E-state index in [1.807, 2.05) is 18.2 Å². The molecule has 0 spiro atoms. The summed E-state index contributed by atoms with van der Waals surface area (Å²) in [7, 11) is 0. The van der Waals surface area contributed by atoms with Gasteiger partial charge in [0.2, 0.25) is 0 Å². The van der Waals surface area contributed by atoms with Gasteiger partial charge in [0.25, 0.3) is 0 Å². The van der Waals surface area contributed by atoms with E-state index in [1.54, 1.807) is 0 Å². The molecule has 1 aromatic heterocycles. The summed E-state index contributed by atoms with van der Waals surface area (Å²) >= 11 is 0. The molecule has 3 aromatic rings. The molecule has 1 heterocycles. The van der Waals surface area contributed by atoms with E-state index in [-0.39, 0.29) is 0 Å². The van der Waals surface area contributed by atoms with E-state index >= 15 is 0 Å². The third-order valence-corrected chi connectivity index (χ3v) is 3.98. The minimum absolute atomic E-state index is 0.806. The fraction of sp³-hybridized carbons (Fsp3) is 0.111. The van der Waals surface area contributed by atoms with Crippen LogP contribution in [0.3, 0.4) is 0 Å². The average Bonchev–Trinajstić information content (AvgIpc) is 2.82. The van der Waals surface area contributed by atoms with E-state index in [0.29, 0.717) is 0 Å². The molecule has 1 aliphatic carbocycles. The van der Waals surface area contributed by atoms with Gasteiger partial charge in [-0.25, -0.2) is 0 Å². The van der Waals surface area contributed by atoms with E-state index in [0.717, 1.165) is 24.2 Å². The molecule has 0 radical (unpaired) electrons. The van der Waals surface area contributed by atoms with Gasteiger partial charge in [0.15, 0.2) is 0 Å². The Bertz CT molecular complexity index is 825. The topological polar surface area (TPSA) is 30.9 Å². The van der Waals surface area contributed by atoms with E-state index in [2.05, 4.69) is 47.1 Å². The van der Waals surface area contributed by atoms with Gasteiger partial charge in [0.1, 0.15) is 0 Å². The Morgan fingerprint density at radius 1 is 1.00 bits per heavy atom. The van der Waals surface area contributed by atoms with Crippen molar-refractivity contribution < 1.29 is 0 Å². The zero-order valence-corrected chi connectivity index (χ0v) is 11.2. The van der Waals surface area contributed by atoms with Gasteiger partial charge in [-0.15, -0.1) is 0 Å². The highest BCUT2D eigenvalue weighted by molar-refractivity contribution is 5.93. The van der Waals surface area contributed by atoms with Crippen LogP contribution in [0.5, 0.6) is 0 Å². The van der Waals surface area contributed by atoms with E-state index in [4.69, 9.17) is 5.73 Å². The highest BCUT2D eigenvalue weighted by atomic mass is 15.0. The van der Waals surface area contributed by atoms with Crippen LogP contribution in [0.1, 0.15) is 17.7 Å². The monoisotopic (exact) mass is 260 g/mol. The van der Waals surface area contributed by atoms with Gasteiger partial charge in [-0.3, -0.25) is 0 Å². The van der Waals surface area contributed by atoms with Gasteiger partial charge in [-0.2, -0.15) is 0 Å². The fourth-order valence-corrected chi connectivity index (χ4v) is 3.13. The molecular formula is C18H16N2. The summed E-state index contributed by atoms with van der Waals surface area (Å²) in [4.78, 5) is 0. The van der Waals surface area contributed by atoms with E-state index < -0.39 is 0 Å². The first-order valence-electron chi connectivity index (χ1n) is 6.99. The number of nitrogens with two attached hydrogens (primary N) is 1. The van der Waals surface area contributed by atoms with Crippen LogP contribution in [0, 0.1) is 0 Å². The maximum Gasteiger partial charge on any atom is 0.0537 e. The van der Waals surface area contributed by atoms with Gasteiger partial charge in [0, 0.05) is 28.0 Å². The van der Waals surface area contributed by atoms with Crippen molar-refractivity contribution in [1.82, 2.24) is 4.57 Å². The van der Waals surface area contributed by atoms with Crippen molar-refractivity contribution in [2.24, 2.45) is 0 Å². The lowest BCUT2D eigenvalue weighted by Gasteiger charge is -2.13. The molecule has 2 aromatic carbocycles. The van der Waals surface area contributed by atoms with Crippen LogP contribution >= 0.6 is 0 Å². The molecule has 4 rings (SSSR count). The van der Waals surface area contributed by atoms with Crippen LogP contribution in [0.25, 0.3) is 22.7 Å². The number of hydrogen-bond acceptors (Lipinski definition) is 1. The zero-order valence-electron chi connectivity index (χ0n) is 11.2. The highest BCUT2D eigenvalue weighted by Gasteiger charge is 2.17. The minimum Gasteiger partial charge on any atom is -0.399 e. The van der Waals surface area contributed by atoms with Gasteiger partial charge < -0.3 is 10.3 Å². The number of benzene rings is 2. The Morgan fingerprint density at radius 3 is 2.80 bits per heavy atom.